The third-order valence-electron chi connectivity index (χ3n) is 4.72. The quantitative estimate of drug-likeness (QED) is 0.709. The van der Waals surface area contributed by atoms with E-state index in [1.807, 2.05) is 0 Å². The normalized spacial score (nSPS) is 43.6. The molecule has 0 aromatic heterocycles. The van der Waals surface area contributed by atoms with E-state index < -0.39 is 11.4 Å². The number of fused-ring (bicyclic) bond motifs is 3. The zero-order valence-electron chi connectivity index (χ0n) is 8.75. The topological polar surface area (TPSA) is 63.3 Å². The number of carbonyl (C=O) groups is 1. The lowest BCUT2D eigenvalue weighted by Gasteiger charge is -2.53. The van der Waals surface area contributed by atoms with Gasteiger partial charge in [-0.25, -0.2) is 0 Å². The van der Waals surface area contributed by atoms with Gasteiger partial charge >= 0.3 is 5.97 Å². The van der Waals surface area contributed by atoms with Gasteiger partial charge < -0.3 is 10.8 Å². The van der Waals surface area contributed by atoms with Crippen LogP contribution in [0.15, 0.2) is 0 Å². The van der Waals surface area contributed by atoms with Gasteiger partial charge in [0.15, 0.2) is 0 Å². The van der Waals surface area contributed by atoms with Gasteiger partial charge in [0.05, 0.1) is 5.41 Å². The van der Waals surface area contributed by atoms with E-state index >= 15 is 0 Å². The second kappa shape index (κ2) is 2.96. The molecule has 14 heavy (non-hydrogen) atoms. The van der Waals surface area contributed by atoms with Crippen molar-refractivity contribution in [1.29, 1.82) is 0 Å². The van der Waals surface area contributed by atoms with E-state index in [2.05, 4.69) is 6.92 Å². The number of rotatable bonds is 2. The summed E-state index contributed by atoms with van der Waals surface area (Å²) < 4.78 is 0. The van der Waals surface area contributed by atoms with Crippen LogP contribution in [0.5, 0.6) is 0 Å². The summed E-state index contributed by atoms with van der Waals surface area (Å²) in [4.78, 5) is 11.2. The maximum atomic E-state index is 11.2. The first-order chi connectivity index (χ1) is 6.51. The van der Waals surface area contributed by atoms with Crippen LogP contribution in [0.25, 0.3) is 0 Å². The molecule has 0 amide bonds. The molecular weight excluding hydrogens is 178 g/mol. The molecule has 3 heteroatoms. The lowest BCUT2D eigenvalue weighted by molar-refractivity contribution is -0.159. The number of nitrogens with two attached hydrogens (primary N) is 1. The molecule has 3 aliphatic rings. The van der Waals surface area contributed by atoms with Crippen LogP contribution in [0.3, 0.4) is 0 Å². The molecule has 0 radical (unpaired) electrons. The van der Waals surface area contributed by atoms with Crippen molar-refractivity contribution < 1.29 is 9.90 Å². The molecule has 1 atom stereocenters. The second-order valence-corrected chi connectivity index (χ2v) is 5.24. The lowest BCUT2D eigenvalue weighted by atomic mass is 9.52. The van der Waals surface area contributed by atoms with E-state index in [1.165, 1.54) is 0 Å². The Bertz CT molecular complexity index is 235. The second-order valence-electron chi connectivity index (χ2n) is 5.24. The van der Waals surface area contributed by atoms with Gasteiger partial charge in [0, 0.05) is 6.04 Å². The third kappa shape index (κ3) is 1.18. The number of carboxylic acid groups (broad SMARTS) is 1. The molecule has 3 rings (SSSR count). The molecule has 3 N–H and O–H groups in total. The summed E-state index contributed by atoms with van der Waals surface area (Å²) in [6, 6.07) is 0.217. The fourth-order valence-corrected chi connectivity index (χ4v) is 3.22. The van der Waals surface area contributed by atoms with Gasteiger partial charge in [-0.15, -0.1) is 0 Å². The molecule has 3 fully saturated rings. The Morgan fingerprint density at radius 2 is 1.64 bits per heavy atom. The van der Waals surface area contributed by atoms with E-state index in [0.717, 1.165) is 38.5 Å². The fraction of sp³-hybridized carbons (Fsp3) is 0.909. The van der Waals surface area contributed by atoms with Gasteiger partial charge in [-0.05, 0) is 50.9 Å². The van der Waals surface area contributed by atoms with Crippen molar-refractivity contribution in [3.63, 3.8) is 0 Å². The molecule has 0 heterocycles. The zero-order chi connectivity index (χ0) is 10.4. The predicted octanol–water partition coefficient (Wildman–Crippen LogP) is 1.76. The average molecular weight is 197 g/mol. The fourth-order valence-electron chi connectivity index (χ4n) is 3.22. The first-order valence-electron chi connectivity index (χ1n) is 5.50. The van der Waals surface area contributed by atoms with Crippen LogP contribution in [0.4, 0.5) is 0 Å². The van der Waals surface area contributed by atoms with Crippen LogP contribution >= 0.6 is 0 Å². The Morgan fingerprint density at radius 1 is 1.21 bits per heavy atom. The predicted molar refractivity (Wildman–Crippen MR) is 53.9 cm³/mol. The largest absolute Gasteiger partial charge is 0.481 e. The number of aliphatic carboxylic acids is 1. The maximum absolute atomic E-state index is 11.2. The van der Waals surface area contributed by atoms with Crippen LogP contribution in [-0.2, 0) is 4.79 Å². The summed E-state index contributed by atoms with van der Waals surface area (Å²) in [6.07, 6.45) is 5.54. The van der Waals surface area contributed by atoms with Crippen molar-refractivity contribution in [2.75, 3.05) is 0 Å². The van der Waals surface area contributed by atoms with Crippen molar-refractivity contribution in [1.82, 2.24) is 0 Å². The van der Waals surface area contributed by atoms with E-state index in [4.69, 9.17) is 5.73 Å². The first-order valence-corrected chi connectivity index (χ1v) is 5.50. The number of carboxylic acids is 1. The van der Waals surface area contributed by atoms with Crippen LogP contribution < -0.4 is 5.73 Å². The van der Waals surface area contributed by atoms with Gasteiger partial charge in [-0.3, -0.25) is 4.79 Å². The smallest absolute Gasteiger partial charge is 0.309 e. The SMILES string of the molecule is CC(N)C12CCC(C(=O)O)(CC1)CC2. The molecule has 3 aliphatic carbocycles. The third-order valence-corrected chi connectivity index (χ3v) is 4.72. The highest BCUT2D eigenvalue weighted by Crippen LogP contribution is 2.57. The highest BCUT2D eigenvalue weighted by Gasteiger charge is 2.53. The van der Waals surface area contributed by atoms with Crippen LogP contribution in [0.1, 0.15) is 45.4 Å². The van der Waals surface area contributed by atoms with Crippen molar-refractivity contribution >= 4 is 5.97 Å². The van der Waals surface area contributed by atoms with Gasteiger partial charge in [-0.2, -0.15) is 0 Å². The molecule has 2 bridgehead atoms. The Labute approximate surface area is 84.7 Å². The molecule has 0 spiro atoms. The highest BCUT2D eigenvalue weighted by atomic mass is 16.4. The number of hydrogen-bond acceptors (Lipinski definition) is 2. The number of hydrogen-bond donors (Lipinski definition) is 2. The molecule has 0 aromatic carbocycles. The van der Waals surface area contributed by atoms with Crippen molar-refractivity contribution in [3.05, 3.63) is 0 Å². The Kier molecular flexibility index (Phi) is 2.11. The van der Waals surface area contributed by atoms with E-state index in [0.29, 0.717) is 0 Å². The van der Waals surface area contributed by atoms with Crippen molar-refractivity contribution in [3.8, 4) is 0 Å². The molecule has 1 unspecified atom stereocenters. The van der Waals surface area contributed by atoms with Crippen LogP contribution in [-0.4, -0.2) is 17.1 Å². The summed E-state index contributed by atoms with van der Waals surface area (Å²) in [7, 11) is 0. The summed E-state index contributed by atoms with van der Waals surface area (Å²) in [5.41, 5.74) is 5.88. The standard InChI is InChI=1S/C11H19NO2/c1-8(12)10-2-5-11(6-3-10,7-4-10)9(13)14/h8H,2-7,12H2,1H3,(H,13,14). The average Bonchev–Trinajstić information content (AvgIpc) is 2.20. The van der Waals surface area contributed by atoms with Gasteiger partial charge in [0.2, 0.25) is 0 Å². The minimum absolute atomic E-state index is 0.217. The molecule has 3 saturated carbocycles. The molecular formula is C11H19NO2. The molecule has 0 aliphatic heterocycles. The Hall–Kier alpha value is -0.570. The minimum Gasteiger partial charge on any atom is -0.481 e. The zero-order valence-corrected chi connectivity index (χ0v) is 8.75. The van der Waals surface area contributed by atoms with Crippen LogP contribution in [0, 0.1) is 10.8 Å². The summed E-state index contributed by atoms with van der Waals surface area (Å²) >= 11 is 0. The van der Waals surface area contributed by atoms with Gasteiger partial charge in [0.1, 0.15) is 0 Å². The van der Waals surface area contributed by atoms with E-state index in [-0.39, 0.29) is 11.5 Å². The first kappa shape index (κ1) is 9.97. The van der Waals surface area contributed by atoms with Gasteiger partial charge in [-0.1, -0.05) is 0 Å². The van der Waals surface area contributed by atoms with E-state index in [9.17, 15) is 9.90 Å². The monoisotopic (exact) mass is 197 g/mol. The molecule has 80 valence electrons. The van der Waals surface area contributed by atoms with Gasteiger partial charge in [0.25, 0.3) is 0 Å². The Morgan fingerprint density at radius 3 is 1.93 bits per heavy atom. The Balaban J connectivity index is 2.17. The van der Waals surface area contributed by atoms with E-state index in [1.54, 1.807) is 0 Å². The van der Waals surface area contributed by atoms with Crippen molar-refractivity contribution in [2.24, 2.45) is 16.6 Å². The molecule has 0 saturated heterocycles. The summed E-state index contributed by atoms with van der Waals surface area (Å²) in [5, 5.41) is 9.20. The summed E-state index contributed by atoms with van der Waals surface area (Å²) in [6.45, 7) is 2.07. The summed E-state index contributed by atoms with van der Waals surface area (Å²) in [5.74, 6) is -0.588. The highest BCUT2D eigenvalue weighted by molar-refractivity contribution is 5.75. The molecule has 0 aromatic rings. The molecule has 3 nitrogen and oxygen atoms in total. The minimum atomic E-state index is -0.588. The maximum Gasteiger partial charge on any atom is 0.309 e. The van der Waals surface area contributed by atoms with Crippen molar-refractivity contribution in [2.45, 2.75) is 51.5 Å². The lowest BCUT2D eigenvalue weighted by Crippen LogP contribution is -2.52. The van der Waals surface area contributed by atoms with Crippen LogP contribution in [0.2, 0.25) is 0 Å².